The van der Waals surface area contributed by atoms with E-state index in [0.717, 1.165) is 35.1 Å². The molecule has 0 radical (unpaired) electrons. The summed E-state index contributed by atoms with van der Waals surface area (Å²) in [5, 5.41) is 19.9. The van der Waals surface area contributed by atoms with Crippen molar-refractivity contribution in [2.45, 2.75) is 25.8 Å². The molecule has 0 aliphatic rings. The molecule has 0 unspecified atom stereocenters. The maximum absolute atomic E-state index is 11.4. The number of hydrogen-bond donors (Lipinski definition) is 2. The van der Waals surface area contributed by atoms with Crippen LogP contribution in [0.3, 0.4) is 0 Å². The molecule has 0 fully saturated rings. The number of ether oxygens (including phenoxy) is 2. The van der Waals surface area contributed by atoms with E-state index in [4.69, 9.17) is 21.1 Å². The van der Waals surface area contributed by atoms with Gasteiger partial charge in [0.15, 0.2) is 0 Å². The van der Waals surface area contributed by atoms with Gasteiger partial charge in [0.05, 0.1) is 24.7 Å². The summed E-state index contributed by atoms with van der Waals surface area (Å²) < 4.78 is 13.1. The highest BCUT2D eigenvalue weighted by Gasteiger charge is 2.15. The van der Waals surface area contributed by atoms with Crippen molar-refractivity contribution in [3.63, 3.8) is 0 Å². The van der Waals surface area contributed by atoms with Crippen LogP contribution in [0.2, 0.25) is 5.02 Å². The number of aromatic nitrogens is 1. The maximum atomic E-state index is 11.4. The van der Waals surface area contributed by atoms with Gasteiger partial charge in [0.1, 0.15) is 18.0 Å². The highest BCUT2D eigenvalue weighted by molar-refractivity contribution is 6.32. The van der Waals surface area contributed by atoms with Crippen molar-refractivity contribution >= 4 is 46.6 Å². The van der Waals surface area contributed by atoms with E-state index in [1.165, 1.54) is 0 Å². The van der Waals surface area contributed by atoms with Gasteiger partial charge in [0.25, 0.3) is 0 Å². The third-order valence-corrected chi connectivity index (χ3v) is 6.21. The van der Waals surface area contributed by atoms with Gasteiger partial charge in [0.2, 0.25) is 0 Å². The Hall–Kier alpha value is -4.23. The first-order valence-corrected chi connectivity index (χ1v) is 12.6. The van der Waals surface area contributed by atoms with Crippen molar-refractivity contribution in [2.75, 3.05) is 13.2 Å². The van der Waals surface area contributed by atoms with E-state index >= 15 is 0 Å². The largest absolute Gasteiger partial charge is 0.494 e. The van der Waals surface area contributed by atoms with Gasteiger partial charge in [-0.15, -0.1) is 0 Å². The van der Waals surface area contributed by atoms with E-state index in [0.29, 0.717) is 35.1 Å². The lowest BCUT2D eigenvalue weighted by Crippen LogP contribution is -2.07. The zero-order valence-corrected chi connectivity index (χ0v) is 21.4. The first kappa shape index (κ1) is 26.8. The van der Waals surface area contributed by atoms with E-state index in [9.17, 15) is 19.8 Å². The molecule has 7 nitrogen and oxygen atoms in total. The van der Waals surface area contributed by atoms with Crippen LogP contribution in [0.1, 0.15) is 29.5 Å². The number of unbranched alkanes of at least 4 members (excludes halogenated alkanes) is 1. The van der Waals surface area contributed by atoms with Gasteiger partial charge >= 0.3 is 11.9 Å². The molecule has 0 amide bonds. The predicted octanol–water partition coefficient (Wildman–Crippen LogP) is 6.41. The van der Waals surface area contributed by atoms with Crippen molar-refractivity contribution in [3.05, 3.63) is 94.6 Å². The monoisotopic (exact) mass is 533 g/mol. The van der Waals surface area contributed by atoms with E-state index in [1.54, 1.807) is 22.9 Å². The van der Waals surface area contributed by atoms with Gasteiger partial charge in [-0.05, 0) is 59.9 Å². The van der Waals surface area contributed by atoms with Crippen LogP contribution in [0, 0.1) is 0 Å². The third kappa shape index (κ3) is 7.17. The van der Waals surface area contributed by atoms with E-state index < -0.39 is 11.9 Å². The number of carbonyl (C=O) groups is 2. The first-order valence-electron chi connectivity index (χ1n) is 12.2. The molecule has 1 aromatic heterocycles. The standard InChI is InChI=1S/C30H28ClNO6/c31-25-7-1-2-9-27(25)38-17-4-3-16-37-24-14-11-21(12-15-24)10-13-22-6-5-8-26-30(22)23(18-28(33)34)19-32(26)20-29(35)36/h1-2,5-15,19H,3-4,16-18,20H2,(H,33,34)(H,35,36)/b13-10+. The Bertz CT molecular complexity index is 1440. The Labute approximate surface area is 225 Å². The van der Waals surface area contributed by atoms with Gasteiger partial charge in [0, 0.05) is 17.1 Å². The Morgan fingerprint density at radius 2 is 1.58 bits per heavy atom. The number of aliphatic carboxylic acids is 2. The first-order chi connectivity index (χ1) is 18.4. The zero-order chi connectivity index (χ0) is 26.9. The zero-order valence-electron chi connectivity index (χ0n) is 20.7. The van der Waals surface area contributed by atoms with Crippen LogP contribution < -0.4 is 9.47 Å². The van der Waals surface area contributed by atoms with Gasteiger partial charge in [-0.1, -0.05) is 60.2 Å². The number of rotatable bonds is 13. The normalized spacial score (nSPS) is 11.2. The summed E-state index contributed by atoms with van der Waals surface area (Å²) in [6, 6.07) is 20.6. The van der Waals surface area contributed by atoms with Crippen LogP contribution in [-0.4, -0.2) is 39.9 Å². The van der Waals surface area contributed by atoms with Gasteiger partial charge in [-0.3, -0.25) is 9.59 Å². The van der Waals surface area contributed by atoms with E-state index in [2.05, 4.69) is 0 Å². The Morgan fingerprint density at radius 3 is 2.29 bits per heavy atom. The molecule has 0 aliphatic carbocycles. The number of nitrogens with zero attached hydrogens (tertiary/aromatic N) is 1. The fourth-order valence-electron chi connectivity index (χ4n) is 4.18. The molecule has 4 aromatic rings. The molecule has 0 saturated heterocycles. The molecule has 0 atom stereocenters. The smallest absolute Gasteiger partial charge is 0.323 e. The molecule has 0 aliphatic heterocycles. The summed E-state index contributed by atoms with van der Waals surface area (Å²) in [5.41, 5.74) is 3.04. The number of fused-ring (bicyclic) bond motifs is 1. The number of para-hydroxylation sites is 1. The minimum Gasteiger partial charge on any atom is -0.494 e. The lowest BCUT2D eigenvalue weighted by atomic mass is 10.0. The second-order valence-corrected chi connectivity index (χ2v) is 9.13. The summed E-state index contributed by atoms with van der Waals surface area (Å²) in [5.74, 6) is -0.504. The van der Waals surface area contributed by atoms with Crippen molar-refractivity contribution in [2.24, 2.45) is 0 Å². The van der Waals surface area contributed by atoms with E-state index in [1.807, 2.05) is 66.7 Å². The molecule has 8 heteroatoms. The summed E-state index contributed by atoms with van der Waals surface area (Å²) in [7, 11) is 0. The number of carboxylic acids is 2. The Balaban J connectivity index is 1.35. The van der Waals surface area contributed by atoms with Crippen molar-refractivity contribution in [1.82, 2.24) is 4.57 Å². The fraction of sp³-hybridized carbons (Fsp3) is 0.200. The third-order valence-electron chi connectivity index (χ3n) is 5.90. The van der Waals surface area contributed by atoms with Gasteiger partial charge in [-0.2, -0.15) is 0 Å². The molecule has 0 spiro atoms. The second kappa shape index (κ2) is 12.8. The van der Waals surface area contributed by atoms with Crippen LogP contribution in [0.5, 0.6) is 11.5 Å². The molecular weight excluding hydrogens is 506 g/mol. The minimum atomic E-state index is -0.988. The average molecular weight is 534 g/mol. The Morgan fingerprint density at radius 1 is 0.842 bits per heavy atom. The van der Waals surface area contributed by atoms with Crippen LogP contribution in [0.4, 0.5) is 0 Å². The highest BCUT2D eigenvalue weighted by Crippen LogP contribution is 2.28. The predicted molar refractivity (Wildman–Crippen MR) is 148 cm³/mol. The van der Waals surface area contributed by atoms with Crippen LogP contribution in [0.15, 0.2) is 72.9 Å². The number of carboxylic acid groups (broad SMARTS) is 2. The minimum absolute atomic E-state index is 0.188. The molecule has 2 N–H and O–H groups in total. The molecule has 0 saturated carbocycles. The quantitative estimate of drug-likeness (QED) is 0.152. The summed E-state index contributed by atoms with van der Waals surface area (Å²) >= 11 is 6.09. The summed E-state index contributed by atoms with van der Waals surface area (Å²) in [4.78, 5) is 22.7. The van der Waals surface area contributed by atoms with Crippen molar-refractivity contribution in [1.29, 1.82) is 0 Å². The van der Waals surface area contributed by atoms with Gasteiger partial charge in [-0.25, -0.2) is 0 Å². The maximum Gasteiger partial charge on any atom is 0.323 e. The van der Waals surface area contributed by atoms with Crippen LogP contribution in [-0.2, 0) is 22.6 Å². The number of halogens is 1. The molecule has 1 heterocycles. The molecular formula is C30H28ClNO6. The Kier molecular flexibility index (Phi) is 9.06. The molecule has 196 valence electrons. The van der Waals surface area contributed by atoms with Crippen molar-refractivity contribution < 1.29 is 29.3 Å². The number of hydrogen-bond acceptors (Lipinski definition) is 4. The molecule has 0 bridgehead atoms. The van der Waals surface area contributed by atoms with Crippen LogP contribution in [0.25, 0.3) is 23.1 Å². The molecule has 4 rings (SSSR count). The van der Waals surface area contributed by atoms with E-state index in [-0.39, 0.29) is 13.0 Å². The fourth-order valence-corrected chi connectivity index (χ4v) is 4.37. The van der Waals surface area contributed by atoms with Crippen molar-refractivity contribution in [3.8, 4) is 11.5 Å². The lowest BCUT2D eigenvalue weighted by molar-refractivity contribution is -0.138. The number of benzene rings is 3. The van der Waals surface area contributed by atoms with Crippen LogP contribution >= 0.6 is 11.6 Å². The SMILES string of the molecule is O=C(O)Cc1cn(CC(=O)O)c2cccc(/C=C/c3ccc(OCCCCOc4ccccc4Cl)cc3)c12. The highest BCUT2D eigenvalue weighted by atomic mass is 35.5. The lowest BCUT2D eigenvalue weighted by Gasteiger charge is -2.09. The van der Waals surface area contributed by atoms with Gasteiger partial charge < -0.3 is 24.3 Å². The molecule has 38 heavy (non-hydrogen) atoms. The topological polar surface area (TPSA) is 98.0 Å². The second-order valence-electron chi connectivity index (χ2n) is 8.72. The average Bonchev–Trinajstić information content (AvgIpc) is 3.22. The molecule has 3 aromatic carbocycles. The summed E-state index contributed by atoms with van der Waals surface area (Å²) in [6.45, 7) is 0.902. The summed E-state index contributed by atoms with van der Waals surface area (Å²) in [6.07, 6.45) is 6.95.